The van der Waals surface area contributed by atoms with E-state index < -0.39 is 0 Å². The molecule has 78 valence electrons. The summed E-state index contributed by atoms with van der Waals surface area (Å²) in [7, 11) is 0. The first-order valence-electron chi connectivity index (χ1n) is 5.76. The number of fused-ring (bicyclic) bond motifs is 3. The molecule has 1 atom stereocenters. The number of hydrogen-bond donors (Lipinski definition) is 0. The minimum Gasteiger partial charge on any atom is -0.304 e. The van der Waals surface area contributed by atoms with Crippen LogP contribution in [-0.2, 0) is 6.42 Å². The molecular formula is C13H16N2. The van der Waals surface area contributed by atoms with Crippen molar-refractivity contribution in [3.8, 4) is 0 Å². The van der Waals surface area contributed by atoms with Crippen molar-refractivity contribution in [3.63, 3.8) is 0 Å². The second-order valence-electron chi connectivity index (χ2n) is 4.49. The van der Waals surface area contributed by atoms with Gasteiger partial charge in [-0.1, -0.05) is 13.0 Å². The molecule has 2 heteroatoms. The molecule has 0 saturated carbocycles. The Hall–Kier alpha value is -1.31. The van der Waals surface area contributed by atoms with Gasteiger partial charge in [0.1, 0.15) is 5.65 Å². The van der Waals surface area contributed by atoms with Crippen LogP contribution in [0.15, 0.2) is 18.5 Å². The van der Waals surface area contributed by atoms with Gasteiger partial charge in [-0.3, -0.25) is 0 Å². The minimum absolute atomic E-state index is 0.769. The Kier molecular flexibility index (Phi) is 1.84. The highest BCUT2D eigenvalue weighted by atomic mass is 15.0. The lowest BCUT2D eigenvalue weighted by atomic mass is 9.99. The van der Waals surface area contributed by atoms with Crippen molar-refractivity contribution in [2.75, 3.05) is 0 Å². The number of pyridine rings is 1. The predicted molar refractivity (Wildman–Crippen MR) is 61.3 cm³/mol. The van der Waals surface area contributed by atoms with E-state index in [2.05, 4.69) is 35.5 Å². The van der Waals surface area contributed by atoms with Gasteiger partial charge in [0, 0.05) is 18.1 Å². The lowest BCUT2D eigenvalue weighted by Crippen LogP contribution is -1.98. The van der Waals surface area contributed by atoms with Crippen molar-refractivity contribution in [2.24, 2.45) is 0 Å². The van der Waals surface area contributed by atoms with Crippen LogP contribution in [0.1, 0.15) is 42.5 Å². The molecule has 0 bridgehead atoms. The Morgan fingerprint density at radius 1 is 1.53 bits per heavy atom. The van der Waals surface area contributed by atoms with Crippen molar-refractivity contribution in [1.82, 2.24) is 9.38 Å². The van der Waals surface area contributed by atoms with Crippen molar-refractivity contribution < 1.29 is 0 Å². The highest BCUT2D eigenvalue weighted by molar-refractivity contribution is 5.52. The molecule has 0 saturated heterocycles. The summed E-state index contributed by atoms with van der Waals surface area (Å²) in [6.45, 7) is 4.45. The SMILES string of the molecule is CCC1CCc2c1cc(C)c1nccn21. The van der Waals surface area contributed by atoms with Crippen molar-refractivity contribution >= 4 is 5.65 Å². The van der Waals surface area contributed by atoms with Crippen molar-refractivity contribution in [1.29, 1.82) is 0 Å². The summed E-state index contributed by atoms with van der Waals surface area (Å²) in [6.07, 6.45) is 7.78. The summed E-state index contributed by atoms with van der Waals surface area (Å²) >= 11 is 0. The first-order chi connectivity index (χ1) is 7.31. The minimum atomic E-state index is 0.769. The molecule has 2 aromatic rings. The van der Waals surface area contributed by atoms with Gasteiger partial charge in [0.15, 0.2) is 0 Å². The third-order valence-corrected chi connectivity index (χ3v) is 3.65. The van der Waals surface area contributed by atoms with Gasteiger partial charge in [0.2, 0.25) is 0 Å². The Labute approximate surface area is 90.0 Å². The molecule has 2 nitrogen and oxygen atoms in total. The van der Waals surface area contributed by atoms with Crippen LogP contribution in [-0.4, -0.2) is 9.38 Å². The standard InChI is InChI=1S/C13H16N2/c1-3-10-4-5-12-11(10)8-9(2)13-14-6-7-15(12)13/h6-8,10H,3-5H2,1-2H3. The highest BCUT2D eigenvalue weighted by Gasteiger charge is 2.23. The normalized spacial score (nSPS) is 19.7. The quantitative estimate of drug-likeness (QED) is 0.691. The van der Waals surface area contributed by atoms with E-state index >= 15 is 0 Å². The van der Waals surface area contributed by atoms with Crippen LogP contribution < -0.4 is 0 Å². The molecule has 15 heavy (non-hydrogen) atoms. The first-order valence-corrected chi connectivity index (χ1v) is 5.76. The molecule has 0 aliphatic heterocycles. The molecule has 0 radical (unpaired) electrons. The predicted octanol–water partition coefficient (Wildman–Crippen LogP) is 3.08. The average Bonchev–Trinajstić information content (AvgIpc) is 2.81. The van der Waals surface area contributed by atoms with Gasteiger partial charge in [-0.05, 0) is 43.2 Å². The van der Waals surface area contributed by atoms with Gasteiger partial charge in [-0.15, -0.1) is 0 Å². The molecule has 0 fully saturated rings. The summed E-state index contributed by atoms with van der Waals surface area (Å²) in [5, 5.41) is 0. The molecule has 1 aliphatic carbocycles. The molecule has 0 amide bonds. The number of imidazole rings is 1. The lowest BCUT2D eigenvalue weighted by molar-refractivity contribution is 0.655. The summed E-state index contributed by atoms with van der Waals surface area (Å²) in [5.41, 5.74) is 5.48. The smallest absolute Gasteiger partial charge is 0.139 e. The van der Waals surface area contributed by atoms with Gasteiger partial charge in [0.25, 0.3) is 0 Å². The number of aryl methyl sites for hydroxylation is 2. The van der Waals surface area contributed by atoms with Crippen LogP contribution in [0.4, 0.5) is 0 Å². The van der Waals surface area contributed by atoms with Crippen LogP contribution in [0.25, 0.3) is 5.65 Å². The summed E-state index contributed by atoms with van der Waals surface area (Å²) in [4.78, 5) is 4.41. The summed E-state index contributed by atoms with van der Waals surface area (Å²) in [6, 6.07) is 2.35. The largest absolute Gasteiger partial charge is 0.304 e. The Morgan fingerprint density at radius 2 is 2.40 bits per heavy atom. The van der Waals surface area contributed by atoms with Crippen LogP contribution in [0, 0.1) is 6.92 Å². The van der Waals surface area contributed by atoms with E-state index in [0.717, 1.165) is 11.6 Å². The van der Waals surface area contributed by atoms with E-state index in [0.29, 0.717) is 0 Å². The fourth-order valence-corrected chi connectivity index (χ4v) is 2.84. The lowest BCUT2D eigenvalue weighted by Gasteiger charge is -2.10. The van der Waals surface area contributed by atoms with E-state index in [9.17, 15) is 0 Å². The molecule has 2 heterocycles. The average molecular weight is 200 g/mol. The second kappa shape index (κ2) is 3.09. The van der Waals surface area contributed by atoms with Gasteiger partial charge in [0.05, 0.1) is 0 Å². The second-order valence-corrected chi connectivity index (χ2v) is 4.49. The molecule has 2 aromatic heterocycles. The summed E-state index contributed by atoms with van der Waals surface area (Å²) < 4.78 is 2.28. The Balaban J connectivity index is 2.32. The maximum Gasteiger partial charge on any atom is 0.139 e. The Bertz CT molecular complexity index is 510. The zero-order valence-electron chi connectivity index (χ0n) is 9.33. The van der Waals surface area contributed by atoms with E-state index in [1.165, 1.54) is 30.5 Å². The van der Waals surface area contributed by atoms with E-state index in [1.807, 2.05) is 6.20 Å². The number of rotatable bonds is 1. The highest BCUT2D eigenvalue weighted by Crippen LogP contribution is 2.36. The van der Waals surface area contributed by atoms with Crippen LogP contribution in [0.2, 0.25) is 0 Å². The summed E-state index contributed by atoms with van der Waals surface area (Å²) in [5.74, 6) is 0.769. The molecule has 0 aromatic carbocycles. The zero-order chi connectivity index (χ0) is 10.4. The van der Waals surface area contributed by atoms with Gasteiger partial charge < -0.3 is 4.40 Å². The fourth-order valence-electron chi connectivity index (χ4n) is 2.84. The number of aromatic nitrogens is 2. The van der Waals surface area contributed by atoms with E-state index in [4.69, 9.17) is 0 Å². The Morgan fingerprint density at radius 3 is 3.20 bits per heavy atom. The number of hydrogen-bond acceptors (Lipinski definition) is 1. The van der Waals surface area contributed by atoms with Crippen LogP contribution in [0.5, 0.6) is 0 Å². The maximum atomic E-state index is 4.41. The van der Waals surface area contributed by atoms with Crippen LogP contribution >= 0.6 is 0 Å². The molecule has 0 spiro atoms. The monoisotopic (exact) mass is 200 g/mol. The maximum absolute atomic E-state index is 4.41. The topological polar surface area (TPSA) is 17.3 Å². The molecule has 1 aliphatic rings. The van der Waals surface area contributed by atoms with Gasteiger partial charge >= 0.3 is 0 Å². The van der Waals surface area contributed by atoms with Crippen LogP contribution in [0.3, 0.4) is 0 Å². The van der Waals surface area contributed by atoms with Gasteiger partial charge in [-0.25, -0.2) is 4.98 Å². The molecule has 0 N–H and O–H groups in total. The van der Waals surface area contributed by atoms with Crippen molar-refractivity contribution in [3.05, 3.63) is 35.3 Å². The third-order valence-electron chi connectivity index (χ3n) is 3.65. The van der Waals surface area contributed by atoms with E-state index in [1.54, 1.807) is 5.56 Å². The number of nitrogens with zero attached hydrogens (tertiary/aromatic N) is 2. The molecular weight excluding hydrogens is 184 g/mol. The molecule has 1 unspecified atom stereocenters. The zero-order valence-corrected chi connectivity index (χ0v) is 9.33. The first kappa shape index (κ1) is 8.96. The fraction of sp³-hybridized carbons (Fsp3) is 0.462. The third kappa shape index (κ3) is 1.14. The van der Waals surface area contributed by atoms with Crippen molar-refractivity contribution in [2.45, 2.75) is 39.0 Å². The van der Waals surface area contributed by atoms with E-state index in [-0.39, 0.29) is 0 Å². The molecule has 3 rings (SSSR count). The van der Waals surface area contributed by atoms with Gasteiger partial charge in [-0.2, -0.15) is 0 Å².